The highest BCUT2D eigenvalue weighted by atomic mass is 32.2. The van der Waals surface area contributed by atoms with E-state index in [1.165, 1.54) is 6.08 Å². The largest absolute Gasteiger partial charge is 0.259 e. The molecule has 0 aliphatic heterocycles. The fourth-order valence-corrected chi connectivity index (χ4v) is 0.832. The predicted octanol–water partition coefficient (Wildman–Crippen LogP) is 1.38. The molecule has 0 heterocycles. The van der Waals surface area contributed by atoms with Crippen molar-refractivity contribution in [2.45, 2.75) is 6.92 Å². The summed E-state index contributed by atoms with van der Waals surface area (Å²) < 4.78 is 0. The Labute approximate surface area is 62.7 Å². The molecule has 0 saturated heterocycles. The average Bonchev–Trinajstić information content (AvgIpc) is 1.89. The van der Waals surface area contributed by atoms with E-state index in [4.69, 9.17) is 5.26 Å². The summed E-state index contributed by atoms with van der Waals surface area (Å²) in [6, 6.07) is 0. The van der Waals surface area contributed by atoms with Crippen molar-refractivity contribution in [1.29, 1.82) is 5.26 Å². The Morgan fingerprint density at radius 2 is 2.60 bits per heavy atom. The van der Waals surface area contributed by atoms with E-state index in [1.54, 1.807) is 12.3 Å². The maximum atomic E-state index is 10.1. The van der Waals surface area contributed by atoms with E-state index in [0.29, 0.717) is 0 Å². The van der Waals surface area contributed by atoms with Crippen molar-refractivity contribution in [3.05, 3.63) is 21.9 Å². The molecule has 0 atom stereocenters. The minimum absolute atomic E-state index is 0.0755. The van der Waals surface area contributed by atoms with Crippen molar-refractivity contribution in [2.24, 2.45) is 0 Å². The summed E-state index contributed by atoms with van der Waals surface area (Å²) in [5, 5.41) is 19.9. The van der Waals surface area contributed by atoms with Gasteiger partial charge in [0.15, 0.2) is 0 Å². The van der Waals surface area contributed by atoms with Crippen molar-refractivity contribution in [3.8, 4) is 5.40 Å². The third-order valence-electron chi connectivity index (χ3n) is 0.852. The Balaban J connectivity index is 3.89. The zero-order valence-corrected chi connectivity index (χ0v) is 6.22. The van der Waals surface area contributed by atoms with Gasteiger partial charge in [0, 0.05) is 0 Å². The van der Waals surface area contributed by atoms with E-state index in [-0.39, 0.29) is 11.4 Å². The highest BCUT2D eigenvalue weighted by molar-refractivity contribution is 8.03. The maximum absolute atomic E-state index is 10.1. The van der Waals surface area contributed by atoms with Gasteiger partial charge in [-0.05, 0) is 24.8 Å². The van der Waals surface area contributed by atoms with Crippen molar-refractivity contribution in [1.82, 2.24) is 0 Å². The van der Waals surface area contributed by atoms with Gasteiger partial charge in [0.25, 0.3) is 5.70 Å². The summed E-state index contributed by atoms with van der Waals surface area (Å²) in [6.45, 7) is 1.58. The number of nitrogens with zero attached hydrogens (tertiary/aromatic N) is 2. The van der Waals surface area contributed by atoms with E-state index in [9.17, 15) is 10.1 Å². The van der Waals surface area contributed by atoms with Crippen molar-refractivity contribution in [2.75, 3.05) is 5.75 Å². The van der Waals surface area contributed by atoms with E-state index < -0.39 is 4.92 Å². The first-order chi connectivity index (χ1) is 4.72. The fourth-order valence-electron chi connectivity index (χ4n) is 0.348. The summed E-state index contributed by atoms with van der Waals surface area (Å²) >= 11 is 0.865. The third-order valence-corrected chi connectivity index (χ3v) is 1.42. The van der Waals surface area contributed by atoms with Crippen LogP contribution in [0.5, 0.6) is 0 Å². The smallest absolute Gasteiger partial charge is 0.252 e. The lowest BCUT2D eigenvalue weighted by Crippen LogP contribution is -1.99. The molecule has 54 valence electrons. The molecule has 0 radical (unpaired) electrons. The summed E-state index contributed by atoms with van der Waals surface area (Å²) in [7, 11) is 0. The van der Waals surface area contributed by atoms with Crippen LogP contribution in [0, 0.1) is 20.8 Å². The summed E-state index contributed by atoms with van der Waals surface area (Å²) in [6.07, 6.45) is 1.39. The highest BCUT2D eigenvalue weighted by Gasteiger charge is 2.07. The van der Waals surface area contributed by atoms with Gasteiger partial charge in [-0.25, -0.2) is 0 Å². The summed E-state index contributed by atoms with van der Waals surface area (Å²) in [5.41, 5.74) is 0.0755. The van der Waals surface area contributed by atoms with Crippen molar-refractivity contribution in [3.63, 3.8) is 0 Å². The van der Waals surface area contributed by atoms with E-state index in [1.807, 2.05) is 0 Å². The molecule has 0 aromatic carbocycles. The lowest BCUT2D eigenvalue weighted by molar-refractivity contribution is -0.423. The van der Waals surface area contributed by atoms with Gasteiger partial charge in [0.05, 0.1) is 10.7 Å². The summed E-state index contributed by atoms with van der Waals surface area (Å²) in [4.78, 5) is 9.57. The van der Waals surface area contributed by atoms with Crippen LogP contribution in [-0.4, -0.2) is 10.7 Å². The molecule has 0 saturated carbocycles. The zero-order chi connectivity index (χ0) is 7.98. The van der Waals surface area contributed by atoms with Gasteiger partial charge in [-0.1, -0.05) is 0 Å². The van der Waals surface area contributed by atoms with Crippen molar-refractivity contribution >= 4 is 11.8 Å². The molecular formula is C5H6N2O2S. The lowest BCUT2D eigenvalue weighted by atomic mass is 10.5. The number of nitriles is 1. The predicted molar refractivity (Wildman–Crippen MR) is 38.8 cm³/mol. The quantitative estimate of drug-likeness (QED) is 0.353. The molecule has 0 fully saturated rings. The first-order valence-electron chi connectivity index (χ1n) is 2.52. The van der Waals surface area contributed by atoms with Crippen LogP contribution in [0.2, 0.25) is 0 Å². The van der Waals surface area contributed by atoms with Crippen LogP contribution in [0.25, 0.3) is 0 Å². The third kappa shape index (κ3) is 3.10. The Kier molecular flexibility index (Phi) is 4.33. The van der Waals surface area contributed by atoms with Crippen LogP contribution >= 0.6 is 11.8 Å². The second kappa shape index (κ2) is 4.82. The molecule has 0 spiro atoms. The molecule has 0 unspecified atom stereocenters. The van der Waals surface area contributed by atoms with Gasteiger partial charge in [0.2, 0.25) is 0 Å². The number of hydrogen-bond donors (Lipinski definition) is 0. The van der Waals surface area contributed by atoms with Crippen LogP contribution in [0.3, 0.4) is 0 Å². The van der Waals surface area contributed by atoms with Gasteiger partial charge in [-0.3, -0.25) is 10.1 Å². The molecule has 0 aromatic rings. The monoisotopic (exact) mass is 158 g/mol. The number of rotatable bonds is 3. The van der Waals surface area contributed by atoms with E-state index in [0.717, 1.165) is 11.8 Å². The SMILES string of the molecule is C/C=C(\CSC#N)[N+](=O)[O-]. The van der Waals surface area contributed by atoms with Gasteiger partial charge >= 0.3 is 0 Å². The maximum Gasteiger partial charge on any atom is 0.252 e. The summed E-state index contributed by atoms with van der Waals surface area (Å²) in [5.74, 6) is 0.153. The Morgan fingerprint density at radius 1 is 2.00 bits per heavy atom. The molecule has 0 aliphatic carbocycles. The first kappa shape index (κ1) is 8.98. The number of allylic oxidation sites excluding steroid dienone is 1. The molecule has 0 aromatic heterocycles. The van der Waals surface area contributed by atoms with Gasteiger partial charge in [-0.15, -0.1) is 0 Å². The number of nitro groups is 1. The van der Waals surface area contributed by atoms with Crippen LogP contribution in [0.4, 0.5) is 0 Å². The second-order valence-corrected chi connectivity index (χ2v) is 2.18. The molecule has 0 aliphatic rings. The van der Waals surface area contributed by atoms with Crippen LogP contribution in [0.15, 0.2) is 11.8 Å². The zero-order valence-electron chi connectivity index (χ0n) is 5.40. The van der Waals surface area contributed by atoms with Gasteiger partial charge < -0.3 is 0 Å². The minimum Gasteiger partial charge on any atom is -0.259 e. The molecule has 0 N–H and O–H groups in total. The Morgan fingerprint density at radius 3 is 2.90 bits per heavy atom. The van der Waals surface area contributed by atoms with E-state index >= 15 is 0 Å². The van der Waals surface area contributed by atoms with Gasteiger partial charge in [-0.2, -0.15) is 5.26 Å². The molecule has 4 nitrogen and oxygen atoms in total. The Hall–Kier alpha value is -1.02. The lowest BCUT2D eigenvalue weighted by Gasteiger charge is -1.89. The van der Waals surface area contributed by atoms with Crippen LogP contribution in [0.1, 0.15) is 6.92 Å². The average molecular weight is 158 g/mol. The molecular weight excluding hydrogens is 152 g/mol. The normalized spacial score (nSPS) is 10.6. The van der Waals surface area contributed by atoms with Crippen LogP contribution in [-0.2, 0) is 0 Å². The number of thioether (sulfide) groups is 1. The molecule has 10 heavy (non-hydrogen) atoms. The highest BCUT2D eigenvalue weighted by Crippen LogP contribution is 2.05. The standard InChI is InChI=1S/C5H6N2O2S/c1-2-5(7(8)9)3-10-4-6/h2H,3H2,1H3/b5-2+. The second-order valence-electron chi connectivity index (χ2n) is 1.42. The number of thiocyanates is 1. The molecule has 0 rings (SSSR count). The fraction of sp³-hybridized carbons (Fsp3) is 0.400. The molecule has 0 amide bonds. The molecule has 5 heteroatoms. The Bertz CT molecular complexity index is 194. The van der Waals surface area contributed by atoms with Crippen molar-refractivity contribution < 1.29 is 4.92 Å². The molecule has 0 bridgehead atoms. The first-order valence-corrected chi connectivity index (χ1v) is 3.51. The topological polar surface area (TPSA) is 66.9 Å². The minimum atomic E-state index is -0.482. The number of hydrogen-bond acceptors (Lipinski definition) is 4. The van der Waals surface area contributed by atoms with E-state index in [2.05, 4.69) is 0 Å². The van der Waals surface area contributed by atoms with Crippen LogP contribution < -0.4 is 0 Å². The van der Waals surface area contributed by atoms with Gasteiger partial charge in [0.1, 0.15) is 5.40 Å².